The van der Waals surface area contributed by atoms with Gasteiger partial charge in [0.05, 0.1) is 13.2 Å². The van der Waals surface area contributed by atoms with E-state index >= 15 is 0 Å². The Morgan fingerprint density at radius 3 is 2.47 bits per heavy atom. The number of ether oxygens (including phenoxy) is 2. The highest BCUT2D eigenvalue weighted by atomic mass is 16.6. The number of nitrogens with two attached hydrogens (primary N) is 1. The van der Waals surface area contributed by atoms with Crippen LogP contribution >= 0.6 is 0 Å². The fraction of sp³-hybridized carbons (Fsp3) is 0.800. The summed E-state index contributed by atoms with van der Waals surface area (Å²) in [5, 5.41) is 10.9. The Morgan fingerprint density at radius 2 is 2.00 bits per heavy atom. The van der Waals surface area contributed by atoms with E-state index in [0.29, 0.717) is 0 Å². The molecule has 0 heterocycles. The van der Waals surface area contributed by atoms with Crippen molar-refractivity contribution in [1.29, 1.82) is 0 Å². The molecule has 0 aromatic heterocycles. The smallest absolute Gasteiger partial charge is 0.407 e. The van der Waals surface area contributed by atoms with Gasteiger partial charge in [0.15, 0.2) is 0 Å². The van der Waals surface area contributed by atoms with E-state index in [2.05, 4.69) is 5.32 Å². The third kappa shape index (κ3) is 9.58. The number of nitrogens with one attached hydrogen (secondary N) is 1. The van der Waals surface area contributed by atoms with Crippen molar-refractivity contribution in [2.75, 3.05) is 19.8 Å². The van der Waals surface area contributed by atoms with Crippen LogP contribution in [-0.4, -0.2) is 48.6 Å². The van der Waals surface area contributed by atoms with Gasteiger partial charge in [-0.2, -0.15) is 0 Å². The third-order valence-corrected chi connectivity index (χ3v) is 1.53. The SMILES string of the molecule is CC(C)(C)OC(=O)NCCOC[C@H](N)C(=O)O. The number of carbonyl (C=O) groups excluding carboxylic acids is 1. The van der Waals surface area contributed by atoms with Crippen molar-refractivity contribution in [3.05, 3.63) is 0 Å². The highest BCUT2D eigenvalue weighted by Gasteiger charge is 2.15. The lowest BCUT2D eigenvalue weighted by atomic mass is 10.2. The molecule has 7 heteroatoms. The van der Waals surface area contributed by atoms with Gasteiger partial charge >= 0.3 is 12.1 Å². The highest BCUT2D eigenvalue weighted by Crippen LogP contribution is 2.05. The molecule has 1 atom stereocenters. The van der Waals surface area contributed by atoms with Gasteiger partial charge in [0.25, 0.3) is 0 Å². The number of rotatable bonds is 6. The lowest BCUT2D eigenvalue weighted by molar-refractivity contribution is -0.140. The molecule has 0 radical (unpaired) electrons. The Morgan fingerprint density at radius 1 is 1.41 bits per heavy atom. The van der Waals surface area contributed by atoms with E-state index in [-0.39, 0.29) is 19.8 Å². The molecular weight excluding hydrogens is 228 g/mol. The van der Waals surface area contributed by atoms with Gasteiger partial charge < -0.3 is 25.6 Å². The maximum atomic E-state index is 11.2. The van der Waals surface area contributed by atoms with Crippen LogP contribution in [-0.2, 0) is 14.3 Å². The minimum absolute atomic E-state index is 0.0919. The molecule has 0 aromatic rings. The average Bonchev–Trinajstić information content (AvgIpc) is 2.13. The number of amides is 1. The lowest BCUT2D eigenvalue weighted by Crippen LogP contribution is -2.37. The third-order valence-electron chi connectivity index (χ3n) is 1.53. The van der Waals surface area contributed by atoms with Crippen LogP contribution in [0.2, 0.25) is 0 Å². The van der Waals surface area contributed by atoms with Gasteiger partial charge in [-0.15, -0.1) is 0 Å². The molecule has 0 aliphatic heterocycles. The zero-order valence-electron chi connectivity index (χ0n) is 10.4. The molecule has 0 saturated carbocycles. The standard InChI is InChI=1S/C10H20N2O5/c1-10(2,3)17-9(15)12-4-5-16-6-7(11)8(13)14/h7H,4-6,11H2,1-3H3,(H,12,15)(H,13,14)/t7-/m0/s1. The summed E-state index contributed by atoms with van der Waals surface area (Å²) in [4.78, 5) is 21.5. The number of hydrogen-bond donors (Lipinski definition) is 3. The molecule has 1 amide bonds. The zero-order chi connectivity index (χ0) is 13.5. The van der Waals surface area contributed by atoms with Gasteiger partial charge in [-0.05, 0) is 20.8 Å². The van der Waals surface area contributed by atoms with Gasteiger partial charge in [0.2, 0.25) is 0 Å². The second-order valence-corrected chi connectivity index (χ2v) is 4.45. The second kappa shape index (κ2) is 7.08. The molecule has 17 heavy (non-hydrogen) atoms. The molecule has 0 fully saturated rings. The number of carbonyl (C=O) groups is 2. The Bertz CT molecular complexity index is 262. The van der Waals surface area contributed by atoms with Crippen LogP contribution in [0.4, 0.5) is 4.79 Å². The summed E-state index contributed by atoms with van der Waals surface area (Å²) >= 11 is 0. The zero-order valence-corrected chi connectivity index (χ0v) is 10.4. The Hall–Kier alpha value is -1.34. The van der Waals surface area contributed by atoms with Crippen LogP contribution in [0, 0.1) is 0 Å². The lowest BCUT2D eigenvalue weighted by Gasteiger charge is -2.19. The van der Waals surface area contributed by atoms with Crippen LogP contribution in [0.3, 0.4) is 0 Å². The molecule has 7 nitrogen and oxygen atoms in total. The monoisotopic (exact) mass is 248 g/mol. The normalized spacial score (nSPS) is 12.9. The molecule has 4 N–H and O–H groups in total. The number of carboxylic acids is 1. The quantitative estimate of drug-likeness (QED) is 0.568. The predicted octanol–water partition coefficient (Wildman–Crippen LogP) is -0.0604. The van der Waals surface area contributed by atoms with Crippen molar-refractivity contribution in [3.63, 3.8) is 0 Å². The number of hydrogen-bond acceptors (Lipinski definition) is 5. The molecule has 0 aliphatic rings. The molecule has 0 rings (SSSR count). The highest BCUT2D eigenvalue weighted by molar-refractivity contribution is 5.73. The minimum Gasteiger partial charge on any atom is -0.480 e. The van der Waals surface area contributed by atoms with Crippen LogP contribution in [0.1, 0.15) is 20.8 Å². The van der Waals surface area contributed by atoms with Crippen molar-refractivity contribution >= 4 is 12.1 Å². The molecule has 100 valence electrons. The van der Waals surface area contributed by atoms with E-state index in [0.717, 1.165) is 0 Å². The molecule has 0 spiro atoms. The molecule has 0 unspecified atom stereocenters. The first-order valence-corrected chi connectivity index (χ1v) is 5.25. The van der Waals surface area contributed by atoms with Crippen LogP contribution in [0.25, 0.3) is 0 Å². The maximum Gasteiger partial charge on any atom is 0.407 e. The van der Waals surface area contributed by atoms with E-state index in [1.807, 2.05) is 0 Å². The first-order chi connectivity index (χ1) is 7.72. The first kappa shape index (κ1) is 15.7. The van der Waals surface area contributed by atoms with Gasteiger partial charge in [-0.25, -0.2) is 4.79 Å². The number of aliphatic carboxylic acids is 1. The van der Waals surface area contributed by atoms with Crippen molar-refractivity contribution < 1.29 is 24.2 Å². The fourth-order valence-corrected chi connectivity index (χ4v) is 0.821. The maximum absolute atomic E-state index is 11.2. The number of carboxylic acid groups (broad SMARTS) is 1. The summed E-state index contributed by atoms with van der Waals surface area (Å²) in [5.41, 5.74) is 4.66. The van der Waals surface area contributed by atoms with Crippen molar-refractivity contribution in [3.8, 4) is 0 Å². The van der Waals surface area contributed by atoms with Gasteiger partial charge in [0, 0.05) is 6.54 Å². The Labute approximate surface area is 100 Å². The summed E-state index contributed by atoms with van der Waals surface area (Å²) < 4.78 is 9.94. The molecule has 0 aliphatic carbocycles. The molecule has 0 bridgehead atoms. The van der Waals surface area contributed by atoms with Gasteiger partial charge in [-0.1, -0.05) is 0 Å². The van der Waals surface area contributed by atoms with Crippen LogP contribution in [0.15, 0.2) is 0 Å². The van der Waals surface area contributed by atoms with Crippen LogP contribution < -0.4 is 11.1 Å². The van der Waals surface area contributed by atoms with E-state index in [9.17, 15) is 9.59 Å². The predicted molar refractivity (Wildman–Crippen MR) is 60.7 cm³/mol. The Balaban J connectivity index is 3.52. The van der Waals surface area contributed by atoms with Crippen LogP contribution in [0.5, 0.6) is 0 Å². The Kier molecular flexibility index (Phi) is 6.52. The fourth-order valence-electron chi connectivity index (χ4n) is 0.821. The average molecular weight is 248 g/mol. The second-order valence-electron chi connectivity index (χ2n) is 4.45. The topological polar surface area (TPSA) is 111 Å². The van der Waals surface area contributed by atoms with Crippen molar-refractivity contribution in [2.45, 2.75) is 32.4 Å². The van der Waals surface area contributed by atoms with Gasteiger partial charge in [-0.3, -0.25) is 4.79 Å². The molecular formula is C10H20N2O5. The van der Waals surface area contributed by atoms with Crippen molar-refractivity contribution in [2.24, 2.45) is 5.73 Å². The van der Waals surface area contributed by atoms with Crippen molar-refractivity contribution in [1.82, 2.24) is 5.32 Å². The van der Waals surface area contributed by atoms with E-state index in [4.69, 9.17) is 20.3 Å². The van der Waals surface area contributed by atoms with E-state index in [1.54, 1.807) is 20.8 Å². The molecule has 0 saturated heterocycles. The summed E-state index contributed by atoms with van der Waals surface area (Å²) in [7, 11) is 0. The van der Waals surface area contributed by atoms with Gasteiger partial charge in [0.1, 0.15) is 11.6 Å². The number of alkyl carbamates (subject to hydrolysis) is 1. The van der Waals surface area contributed by atoms with E-state index in [1.165, 1.54) is 0 Å². The molecule has 0 aromatic carbocycles. The minimum atomic E-state index is -1.12. The van der Waals surface area contributed by atoms with E-state index < -0.39 is 23.7 Å². The summed E-state index contributed by atoms with van der Waals surface area (Å²) in [6.45, 7) is 5.60. The summed E-state index contributed by atoms with van der Waals surface area (Å²) in [5.74, 6) is -1.12. The largest absolute Gasteiger partial charge is 0.480 e. The first-order valence-electron chi connectivity index (χ1n) is 5.25. The summed E-state index contributed by atoms with van der Waals surface area (Å²) in [6, 6.07) is -1.04. The summed E-state index contributed by atoms with van der Waals surface area (Å²) in [6.07, 6.45) is -0.538.